The molecule has 2 saturated heterocycles. The van der Waals surface area contributed by atoms with Crippen molar-refractivity contribution in [1.29, 1.82) is 0 Å². The predicted octanol–water partition coefficient (Wildman–Crippen LogP) is 2.98. The maximum absolute atomic E-state index is 14.1. The summed E-state index contributed by atoms with van der Waals surface area (Å²) in [5, 5.41) is 20.9. The van der Waals surface area contributed by atoms with E-state index in [0.29, 0.717) is 56.9 Å². The van der Waals surface area contributed by atoms with Crippen LogP contribution in [0.25, 0.3) is 0 Å². The van der Waals surface area contributed by atoms with E-state index in [4.69, 9.17) is 4.74 Å². The number of carbonyl (C=O) groups is 2. The molecule has 3 amide bonds. The second-order valence-electron chi connectivity index (χ2n) is 10.3. The van der Waals surface area contributed by atoms with E-state index in [1.807, 2.05) is 7.05 Å². The van der Waals surface area contributed by atoms with Gasteiger partial charge in [-0.3, -0.25) is 0 Å². The van der Waals surface area contributed by atoms with Crippen LogP contribution in [0.1, 0.15) is 50.5 Å². The van der Waals surface area contributed by atoms with Crippen LogP contribution in [-0.2, 0) is 15.1 Å². The topological polar surface area (TPSA) is 112 Å². The second kappa shape index (κ2) is 14.5. The number of hydrogen-bond acceptors (Lipinski definition) is 6. The van der Waals surface area contributed by atoms with E-state index >= 15 is 0 Å². The lowest BCUT2D eigenvalue weighted by atomic mass is 9.74. The molecule has 1 unspecified atom stereocenters. The minimum Gasteiger partial charge on any atom is -0.453 e. The Kier molecular flexibility index (Phi) is 11.4. The van der Waals surface area contributed by atoms with Crippen LogP contribution < -0.4 is 16.0 Å². The first-order chi connectivity index (χ1) is 17.9. The van der Waals surface area contributed by atoms with Crippen LogP contribution in [0.4, 0.5) is 14.0 Å². The highest BCUT2D eigenvalue weighted by molar-refractivity contribution is 5.74. The number of nitrogens with zero attached hydrogens (tertiary/aromatic N) is 1. The predicted molar refractivity (Wildman–Crippen MR) is 139 cm³/mol. The smallest absolute Gasteiger partial charge is 0.406 e. The van der Waals surface area contributed by atoms with E-state index in [1.165, 1.54) is 19.2 Å². The zero-order valence-electron chi connectivity index (χ0n) is 22.1. The van der Waals surface area contributed by atoms with Gasteiger partial charge in [-0.2, -0.15) is 0 Å². The van der Waals surface area contributed by atoms with Crippen LogP contribution >= 0.6 is 0 Å². The summed E-state index contributed by atoms with van der Waals surface area (Å²) in [5.41, 5.74) is -0.856. The van der Waals surface area contributed by atoms with Crippen molar-refractivity contribution in [1.82, 2.24) is 20.9 Å². The molecule has 37 heavy (non-hydrogen) atoms. The number of urea groups is 1. The van der Waals surface area contributed by atoms with Crippen LogP contribution in [0, 0.1) is 17.7 Å². The summed E-state index contributed by atoms with van der Waals surface area (Å²) in [6.07, 6.45) is 4.70. The Balaban J connectivity index is 1.68. The molecule has 2 aliphatic rings. The van der Waals surface area contributed by atoms with Gasteiger partial charge in [0.15, 0.2) is 0 Å². The van der Waals surface area contributed by atoms with Crippen LogP contribution in [0.5, 0.6) is 0 Å². The number of piperidine rings is 1. The lowest BCUT2D eigenvalue weighted by Gasteiger charge is -2.43. The normalized spacial score (nSPS) is 22.5. The molecule has 0 aromatic heterocycles. The molecular weight excluding hydrogens is 479 g/mol. The molecule has 2 aliphatic heterocycles. The Morgan fingerprint density at radius 2 is 2.16 bits per heavy atom. The van der Waals surface area contributed by atoms with E-state index in [2.05, 4.69) is 20.7 Å². The van der Waals surface area contributed by atoms with Crippen molar-refractivity contribution in [2.75, 3.05) is 53.6 Å². The van der Waals surface area contributed by atoms with Crippen molar-refractivity contribution in [3.8, 4) is 0 Å². The summed E-state index contributed by atoms with van der Waals surface area (Å²) in [4.78, 5) is 26.5. The number of carbonyl (C=O) groups excluding carboxylic acids is 2. The number of likely N-dealkylation sites (tertiary alicyclic amines) is 1. The third-order valence-electron chi connectivity index (χ3n) is 7.55. The maximum Gasteiger partial charge on any atom is 0.406 e. The quantitative estimate of drug-likeness (QED) is 0.333. The highest BCUT2D eigenvalue weighted by Crippen LogP contribution is 2.39. The number of halogens is 1. The number of aliphatic hydroxyl groups is 1. The van der Waals surface area contributed by atoms with Crippen molar-refractivity contribution in [3.63, 3.8) is 0 Å². The van der Waals surface area contributed by atoms with Gasteiger partial charge in [0.05, 0.1) is 12.7 Å². The minimum absolute atomic E-state index is 0.0175. The monoisotopic (exact) mass is 522 g/mol. The van der Waals surface area contributed by atoms with E-state index in [-0.39, 0.29) is 18.0 Å². The third kappa shape index (κ3) is 8.55. The van der Waals surface area contributed by atoms with Gasteiger partial charge in [0.25, 0.3) is 0 Å². The Morgan fingerprint density at radius 1 is 1.32 bits per heavy atom. The fraction of sp³-hybridized carbons (Fsp3) is 0.704. The summed E-state index contributed by atoms with van der Waals surface area (Å²) in [5.74, 6) is -0.268. The highest BCUT2D eigenvalue weighted by Gasteiger charge is 2.41. The number of benzene rings is 1. The fourth-order valence-electron chi connectivity index (χ4n) is 5.62. The molecule has 4 N–H and O–H groups in total. The molecule has 0 aliphatic carbocycles. The Morgan fingerprint density at radius 3 is 2.86 bits per heavy atom. The summed E-state index contributed by atoms with van der Waals surface area (Å²) >= 11 is 0. The lowest BCUT2D eigenvalue weighted by molar-refractivity contribution is -0.0554. The second-order valence-corrected chi connectivity index (χ2v) is 10.3. The summed E-state index contributed by atoms with van der Waals surface area (Å²) in [6, 6.07) is 5.87. The van der Waals surface area contributed by atoms with Gasteiger partial charge in [-0.1, -0.05) is 12.1 Å². The van der Waals surface area contributed by atoms with E-state index in [9.17, 15) is 19.1 Å². The van der Waals surface area contributed by atoms with Gasteiger partial charge in [0, 0.05) is 51.4 Å². The molecule has 0 bridgehead atoms. The summed E-state index contributed by atoms with van der Waals surface area (Å²) in [6.45, 7) is 3.49. The SMILES string of the molecule is CNC[C@H](CC1CCCOC1)NC(=O)N1CCC[C@@H]([C@@](O)(CCCNC(=O)OC)c2cccc(F)c2)C1. The Bertz CT molecular complexity index is 869. The van der Waals surface area contributed by atoms with Gasteiger partial charge in [0.2, 0.25) is 0 Å². The number of nitrogens with one attached hydrogen (secondary N) is 3. The number of alkyl carbamates (subject to hydrolysis) is 1. The molecule has 2 heterocycles. The number of hydrogen-bond donors (Lipinski definition) is 4. The minimum atomic E-state index is -1.34. The molecule has 1 aromatic rings. The first-order valence-corrected chi connectivity index (χ1v) is 13.4. The highest BCUT2D eigenvalue weighted by atomic mass is 19.1. The van der Waals surface area contributed by atoms with Gasteiger partial charge in [-0.15, -0.1) is 0 Å². The third-order valence-corrected chi connectivity index (χ3v) is 7.55. The number of likely N-dealkylation sites (N-methyl/N-ethyl adjacent to an activating group) is 1. The van der Waals surface area contributed by atoms with Crippen LogP contribution in [0.2, 0.25) is 0 Å². The van der Waals surface area contributed by atoms with Gasteiger partial charge < -0.3 is 35.4 Å². The van der Waals surface area contributed by atoms with E-state index in [0.717, 1.165) is 38.9 Å². The molecular formula is C27H43FN4O5. The number of ether oxygens (including phenoxy) is 2. The zero-order valence-corrected chi connectivity index (χ0v) is 22.1. The van der Waals surface area contributed by atoms with Gasteiger partial charge in [-0.05, 0) is 75.6 Å². The van der Waals surface area contributed by atoms with Crippen molar-refractivity contribution in [3.05, 3.63) is 35.6 Å². The van der Waals surface area contributed by atoms with Gasteiger partial charge in [-0.25, -0.2) is 14.0 Å². The van der Waals surface area contributed by atoms with Crippen LogP contribution in [0.15, 0.2) is 24.3 Å². The van der Waals surface area contributed by atoms with Crippen molar-refractivity contribution >= 4 is 12.1 Å². The molecule has 2 fully saturated rings. The summed E-state index contributed by atoms with van der Waals surface area (Å²) in [7, 11) is 3.17. The molecule has 0 saturated carbocycles. The average molecular weight is 523 g/mol. The molecule has 0 radical (unpaired) electrons. The number of rotatable bonds is 11. The maximum atomic E-state index is 14.1. The summed E-state index contributed by atoms with van der Waals surface area (Å²) < 4.78 is 24.4. The lowest BCUT2D eigenvalue weighted by Crippen LogP contribution is -2.54. The largest absolute Gasteiger partial charge is 0.453 e. The van der Waals surface area contributed by atoms with Crippen LogP contribution in [-0.4, -0.2) is 81.7 Å². The standard InChI is InChI=1S/C27H43FN4O5/c1-29-17-24(15-20-7-5-14-37-19-20)31-25(33)32-13-4-9-22(18-32)27(35,11-6-12-30-26(34)36-2)21-8-3-10-23(28)16-21/h3,8,10,16,20,22,24,29,35H,4-7,9,11-15,17-19H2,1-2H3,(H,30,34)(H,31,33)/t20?,22-,24+,27-/m1/s1. The van der Waals surface area contributed by atoms with Crippen LogP contribution in [0.3, 0.4) is 0 Å². The Labute approximate surface area is 219 Å². The first-order valence-electron chi connectivity index (χ1n) is 13.4. The van der Waals surface area contributed by atoms with E-state index in [1.54, 1.807) is 17.0 Å². The Hall–Kier alpha value is -2.43. The van der Waals surface area contributed by atoms with E-state index < -0.39 is 17.5 Å². The van der Waals surface area contributed by atoms with Crippen molar-refractivity contribution in [2.45, 2.75) is 56.6 Å². The molecule has 0 spiro atoms. The fourth-order valence-corrected chi connectivity index (χ4v) is 5.62. The molecule has 3 rings (SSSR count). The molecule has 4 atom stereocenters. The molecule has 10 heteroatoms. The van der Waals surface area contributed by atoms with Gasteiger partial charge >= 0.3 is 12.1 Å². The van der Waals surface area contributed by atoms with Crippen molar-refractivity contribution < 1.29 is 28.6 Å². The molecule has 1 aromatic carbocycles. The first kappa shape index (κ1) is 29.1. The molecule has 9 nitrogen and oxygen atoms in total. The number of amides is 3. The number of methoxy groups -OCH3 is 1. The van der Waals surface area contributed by atoms with Gasteiger partial charge in [0.1, 0.15) is 5.82 Å². The average Bonchev–Trinajstić information content (AvgIpc) is 2.91. The zero-order chi connectivity index (χ0) is 26.7. The molecule has 208 valence electrons. The van der Waals surface area contributed by atoms with Crippen molar-refractivity contribution in [2.24, 2.45) is 11.8 Å².